The molecule has 1 N–H and O–H groups in total. The number of halogens is 6. The molecule has 0 aromatic heterocycles. The number of rotatable bonds is 5. The minimum atomic E-state index is -5.03. The van der Waals surface area contributed by atoms with Gasteiger partial charge >= 0.3 is 12.4 Å². The van der Waals surface area contributed by atoms with E-state index in [1.54, 1.807) is 19.2 Å². The fourth-order valence-corrected chi connectivity index (χ4v) is 5.54. The van der Waals surface area contributed by atoms with Crippen molar-refractivity contribution in [3.05, 3.63) is 64.7 Å². The first kappa shape index (κ1) is 28.2. The lowest BCUT2D eigenvalue weighted by Crippen LogP contribution is -2.54. The monoisotopic (exact) mass is 543 g/mol. The summed E-state index contributed by atoms with van der Waals surface area (Å²) in [5.74, 6) is -0.406. The molecule has 5 nitrogen and oxygen atoms in total. The number of methoxy groups -OCH3 is 1. The van der Waals surface area contributed by atoms with Gasteiger partial charge in [0.05, 0.1) is 18.2 Å². The van der Waals surface area contributed by atoms with E-state index in [-0.39, 0.29) is 12.0 Å². The number of hydrogen-bond acceptors (Lipinski definition) is 4. The van der Waals surface area contributed by atoms with Gasteiger partial charge in [0.1, 0.15) is 5.75 Å². The third kappa shape index (κ3) is 6.26. The summed E-state index contributed by atoms with van der Waals surface area (Å²) in [4.78, 5) is 17.1. The number of hydrogen-bond donors (Lipinski definition) is 1. The Balaban J connectivity index is 1.66. The Hall–Kier alpha value is -2.79. The molecule has 2 atom stereocenters. The molecule has 0 saturated carbocycles. The zero-order valence-corrected chi connectivity index (χ0v) is 21.2. The molecular weight excluding hydrogens is 512 g/mol. The van der Waals surface area contributed by atoms with Crippen LogP contribution in [0.4, 0.5) is 26.3 Å². The summed E-state index contributed by atoms with van der Waals surface area (Å²) in [6, 6.07) is 8.39. The van der Waals surface area contributed by atoms with E-state index in [1.807, 2.05) is 12.1 Å². The van der Waals surface area contributed by atoms with Gasteiger partial charge < -0.3 is 15.0 Å². The van der Waals surface area contributed by atoms with Gasteiger partial charge in [0, 0.05) is 43.7 Å². The minimum absolute atomic E-state index is 0.0362. The number of piperidine rings is 2. The van der Waals surface area contributed by atoms with Crippen molar-refractivity contribution < 1.29 is 35.9 Å². The molecule has 0 radical (unpaired) electrons. The van der Waals surface area contributed by atoms with Crippen molar-refractivity contribution in [3.63, 3.8) is 0 Å². The van der Waals surface area contributed by atoms with Gasteiger partial charge in [-0.2, -0.15) is 26.3 Å². The van der Waals surface area contributed by atoms with Crippen molar-refractivity contribution in [2.75, 3.05) is 40.3 Å². The Morgan fingerprint density at radius 2 is 1.53 bits per heavy atom. The van der Waals surface area contributed by atoms with E-state index in [1.165, 1.54) is 11.9 Å². The maximum Gasteiger partial charge on any atom is 0.416 e. The summed E-state index contributed by atoms with van der Waals surface area (Å²) in [5.41, 5.74) is -2.72. The third-order valence-electron chi connectivity index (χ3n) is 7.63. The summed E-state index contributed by atoms with van der Waals surface area (Å²) < 4.78 is 85.7. The van der Waals surface area contributed by atoms with Crippen LogP contribution in [0.15, 0.2) is 42.5 Å². The molecule has 2 aliphatic heterocycles. The molecule has 2 unspecified atom stereocenters. The van der Waals surface area contributed by atoms with Crippen molar-refractivity contribution in [2.24, 2.45) is 0 Å². The minimum Gasteiger partial charge on any atom is -0.497 e. The predicted octanol–water partition coefficient (Wildman–Crippen LogP) is 5.41. The van der Waals surface area contributed by atoms with Crippen LogP contribution in [0.5, 0.6) is 5.75 Å². The Labute approximate surface area is 217 Å². The van der Waals surface area contributed by atoms with Crippen molar-refractivity contribution in [1.82, 2.24) is 15.1 Å². The number of nitrogens with zero attached hydrogens (tertiary/aromatic N) is 2. The maximum atomic E-state index is 13.4. The quantitative estimate of drug-likeness (QED) is 0.512. The van der Waals surface area contributed by atoms with Gasteiger partial charge in [-0.15, -0.1) is 0 Å². The van der Waals surface area contributed by atoms with E-state index >= 15 is 0 Å². The topological polar surface area (TPSA) is 44.8 Å². The number of amides is 1. The molecule has 2 fully saturated rings. The van der Waals surface area contributed by atoms with E-state index in [0.29, 0.717) is 43.4 Å². The number of nitrogens with one attached hydrogen (secondary N) is 1. The van der Waals surface area contributed by atoms with Crippen molar-refractivity contribution in [2.45, 2.75) is 49.6 Å². The third-order valence-corrected chi connectivity index (χ3v) is 7.63. The van der Waals surface area contributed by atoms with Crippen molar-refractivity contribution in [3.8, 4) is 5.75 Å². The molecule has 2 aromatic rings. The summed E-state index contributed by atoms with van der Waals surface area (Å²) >= 11 is 0. The summed E-state index contributed by atoms with van der Waals surface area (Å²) in [7, 11) is 3.01. The summed E-state index contributed by atoms with van der Waals surface area (Å²) in [6.07, 6.45) is -7.55. The van der Waals surface area contributed by atoms with Gasteiger partial charge in [-0.3, -0.25) is 9.69 Å². The standard InChI is InChI=1S/C27H31F6N3O2/c1-35(25(37)18-13-19(26(28,29)30)15-20(14-18)27(31,32)33)24-9-12-36(21-7-10-34-11-8-21)16-23(24)17-3-5-22(38-2)6-4-17/h3-6,13-15,21,23-24,34H,7-12,16H2,1-2H3. The van der Waals surface area contributed by atoms with Crippen molar-refractivity contribution >= 4 is 5.91 Å². The fourth-order valence-electron chi connectivity index (χ4n) is 5.54. The molecule has 0 aliphatic carbocycles. The van der Waals surface area contributed by atoms with E-state index in [4.69, 9.17) is 4.74 Å². The zero-order chi connectivity index (χ0) is 27.7. The molecule has 2 aliphatic rings. The second-order valence-corrected chi connectivity index (χ2v) is 9.92. The highest BCUT2D eigenvalue weighted by Crippen LogP contribution is 2.38. The van der Waals surface area contributed by atoms with Gasteiger partial charge in [0.15, 0.2) is 0 Å². The van der Waals surface area contributed by atoms with E-state index < -0.39 is 41.0 Å². The molecule has 38 heavy (non-hydrogen) atoms. The van der Waals surface area contributed by atoms with Gasteiger partial charge in [0.2, 0.25) is 0 Å². The first-order valence-electron chi connectivity index (χ1n) is 12.5. The van der Waals surface area contributed by atoms with E-state index in [0.717, 1.165) is 31.5 Å². The first-order valence-corrected chi connectivity index (χ1v) is 12.5. The number of likely N-dealkylation sites (N-methyl/N-ethyl adjacent to an activating group) is 1. The molecule has 2 heterocycles. The maximum absolute atomic E-state index is 13.4. The Kier molecular flexibility index (Phi) is 8.27. The smallest absolute Gasteiger partial charge is 0.416 e. The molecule has 0 bridgehead atoms. The summed E-state index contributed by atoms with van der Waals surface area (Å²) in [6.45, 7) is 3.12. The predicted molar refractivity (Wildman–Crippen MR) is 130 cm³/mol. The number of benzene rings is 2. The van der Waals surface area contributed by atoms with Crippen molar-refractivity contribution in [1.29, 1.82) is 0 Å². The van der Waals surface area contributed by atoms with Gasteiger partial charge in [0.25, 0.3) is 5.91 Å². The number of ether oxygens (including phenoxy) is 1. The fraction of sp³-hybridized carbons (Fsp3) is 0.519. The molecule has 11 heteroatoms. The van der Waals surface area contributed by atoms with Crippen LogP contribution in [-0.4, -0.2) is 68.1 Å². The zero-order valence-electron chi connectivity index (χ0n) is 21.2. The molecule has 1 amide bonds. The second-order valence-electron chi connectivity index (χ2n) is 9.92. The first-order chi connectivity index (χ1) is 17.9. The van der Waals surface area contributed by atoms with Gasteiger partial charge in [-0.05, 0) is 68.2 Å². The van der Waals surface area contributed by atoms with Crippen LogP contribution in [0, 0.1) is 0 Å². The highest BCUT2D eigenvalue weighted by Gasteiger charge is 2.40. The average molecular weight is 544 g/mol. The van der Waals surface area contributed by atoms with E-state index in [9.17, 15) is 31.1 Å². The van der Waals surface area contributed by atoms with Gasteiger partial charge in [-0.25, -0.2) is 0 Å². The Morgan fingerprint density at radius 3 is 2.05 bits per heavy atom. The average Bonchev–Trinajstić information content (AvgIpc) is 2.91. The SMILES string of the molecule is COc1ccc(C2CN(C3CCNCC3)CCC2N(C)C(=O)c2cc(C(F)(F)F)cc(C(F)(F)F)c2)cc1. The van der Waals surface area contributed by atoms with E-state index in [2.05, 4.69) is 10.2 Å². The number of carbonyl (C=O) groups excluding carboxylic acids is 1. The molecule has 208 valence electrons. The van der Waals surface area contributed by atoms with Crippen LogP contribution in [-0.2, 0) is 12.4 Å². The molecule has 2 saturated heterocycles. The Bertz CT molecular complexity index is 1080. The van der Waals surface area contributed by atoms with Crippen LogP contribution in [0.2, 0.25) is 0 Å². The molecular formula is C27H31F6N3O2. The van der Waals surface area contributed by atoms with Gasteiger partial charge in [-0.1, -0.05) is 12.1 Å². The van der Waals surface area contributed by atoms with Crippen LogP contribution in [0.1, 0.15) is 52.2 Å². The highest BCUT2D eigenvalue weighted by atomic mass is 19.4. The van der Waals surface area contributed by atoms with Crippen LogP contribution >= 0.6 is 0 Å². The second kappa shape index (κ2) is 11.1. The summed E-state index contributed by atoms with van der Waals surface area (Å²) in [5, 5.41) is 3.35. The largest absolute Gasteiger partial charge is 0.497 e. The molecule has 2 aromatic carbocycles. The van der Waals surface area contributed by atoms with Crippen LogP contribution in [0.3, 0.4) is 0 Å². The highest BCUT2D eigenvalue weighted by molar-refractivity contribution is 5.95. The molecule has 4 rings (SSSR count). The normalized spacial score (nSPS) is 21.8. The lowest BCUT2D eigenvalue weighted by molar-refractivity contribution is -0.143. The number of carbonyl (C=O) groups is 1. The lowest BCUT2D eigenvalue weighted by Gasteiger charge is -2.46. The Morgan fingerprint density at radius 1 is 0.947 bits per heavy atom. The lowest BCUT2D eigenvalue weighted by atomic mass is 9.83. The van der Waals surface area contributed by atoms with Crippen LogP contribution in [0.25, 0.3) is 0 Å². The molecule has 0 spiro atoms. The number of alkyl halides is 6. The van der Waals surface area contributed by atoms with Crippen LogP contribution < -0.4 is 10.1 Å². The number of likely N-dealkylation sites (tertiary alicyclic amines) is 1.